The molecule has 0 bridgehead atoms. The van der Waals surface area contributed by atoms with Crippen molar-refractivity contribution in [2.75, 3.05) is 7.11 Å². The number of hydrogen-bond acceptors (Lipinski definition) is 5. The molecule has 25 heavy (non-hydrogen) atoms. The molecule has 1 heterocycles. The number of furan rings is 1. The summed E-state index contributed by atoms with van der Waals surface area (Å²) >= 11 is 12.4. The maximum Gasteiger partial charge on any atom is 0.408 e. The topological polar surface area (TPSA) is 77.8 Å². The monoisotopic (exact) mass is 387 g/mol. The van der Waals surface area contributed by atoms with Gasteiger partial charge in [0.1, 0.15) is 16.9 Å². The number of hydrogen-bond donors (Lipinski definition) is 1. The van der Waals surface area contributed by atoms with E-state index in [0.717, 1.165) is 0 Å². The second-order valence-electron chi connectivity index (χ2n) is 6.47. The third kappa shape index (κ3) is 4.38. The highest BCUT2D eigenvalue weighted by Crippen LogP contribution is 2.38. The van der Waals surface area contributed by atoms with Crippen molar-refractivity contribution < 1.29 is 23.5 Å². The molecular weight excluding hydrogens is 369 g/mol. The van der Waals surface area contributed by atoms with Crippen molar-refractivity contribution >= 4 is 46.2 Å². The third-order valence-corrected chi connectivity index (χ3v) is 3.86. The average molecular weight is 388 g/mol. The van der Waals surface area contributed by atoms with Crippen LogP contribution in [0.15, 0.2) is 16.5 Å². The summed E-state index contributed by atoms with van der Waals surface area (Å²) in [4.78, 5) is 23.9. The van der Waals surface area contributed by atoms with Gasteiger partial charge in [-0.1, -0.05) is 23.2 Å². The van der Waals surface area contributed by atoms with Crippen LogP contribution in [0.1, 0.15) is 49.9 Å². The Morgan fingerprint density at radius 3 is 2.44 bits per heavy atom. The molecule has 0 aliphatic heterocycles. The lowest BCUT2D eigenvalue weighted by Crippen LogP contribution is -2.33. The number of esters is 1. The quantitative estimate of drug-likeness (QED) is 0.740. The van der Waals surface area contributed by atoms with Crippen LogP contribution in [0.4, 0.5) is 4.79 Å². The summed E-state index contributed by atoms with van der Waals surface area (Å²) in [7, 11) is 1.26. The molecule has 0 spiro atoms. The Balaban J connectivity index is 2.41. The van der Waals surface area contributed by atoms with Crippen LogP contribution in [0.25, 0.3) is 11.0 Å². The molecule has 6 nitrogen and oxygen atoms in total. The molecule has 1 amide bonds. The molecule has 0 unspecified atom stereocenters. The lowest BCUT2D eigenvalue weighted by Gasteiger charge is -2.21. The zero-order valence-corrected chi connectivity index (χ0v) is 16.0. The van der Waals surface area contributed by atoms with E-state index in [4.69, 9.17) is 37.1 Å². The van der Waals surface area contributed by atoms with Crippen molar-refractivity contribution in [2.24, 2.45) is 0 Å². The number of nitrogens with one attached hydrogen (secondary N) is 1. The Bertz CT molecular complexity index is 823. The minimum atomic E-state index is -0.632. The summed E-state index contributed by atoms with van der Waals surface area (Å²) < 4.78 is 15.7. The third-order valence-electron chi connectivity index (χ3n) is 3.25. The summed E-state index contributed by atoms with van der Waals surface area (Å²) in [6, 6.07) is 2.43. The van der Waals surface area contributed by atoms with Crippen molar-refractivity contribution in [1.82, 2.24) is 5.32 Å². The first-order valence-electron chi connectivity index (χ1n) is 7.52. The van der Waals surface area contributed by atoms with E-state index in [2.05, 4.69) is 5.32 Å². The van der Waals surface area contributed by atoms with Crippen LogP contribution in [0.5, 0.6) is 0 Å². The van der Waals surface area contributed by atoms with E-state index < -0.39 is 23.7 Å². The zero-order chi connectivity index (χ0) is 18.9. The fraction of sp³-hybridized carbons (Fsp3) is 0.412. The fourth-order valence-electron chi connectivity index (χ4n) is 2.24. The lowest BCUT2D eigenvalue weighted by molar-refractivity contribution is 0.0501. The molecule has 1 aromatic heterocycles. The average Bonchev–Trinajstić information content (AvgIpc) is 2.81. The van der Waals surface area contributed by atoms with Crippen LogP contribution in [0.3, 0.4) is 0 Å². The van der Waals surface area contributed by atoms with Crippen molar-refractivity contribution in [1.29, 1.82) is 0 Å². The van der Waals surface area contributed by atoms with Crippen LogP contribution >= 0.6 is 23.2 Å². The highest BCUT2D eigenvalue weighted by Gasteiger charge is 2.25. The maximum atomic E-state index is 11.9. The first kappa shape index (κ1) is 19.4. The van der Waals surface area contributed by atoms with Crippen LogP contribution in [0.2, 0.25) is 10.0 Å². The minimum absolute atomic E-state index is 0.155. The van der Waals surface area contributed by atoms with E-state index in [9.17, 15) is 9.59 Å². The molecule has 8 heteroatoms. The number of halogens is 2. The molecule has 0 aliphatic rings. The van der Waals surface area contributed by atoms with Gasteiger partial charge in [0.05, 0.1) is 18.2 Å². The maximum absolute atomic E-state index is 11.9. The van der Waals surface area contributed by atoms with E-state index in [-0.39, 0.29) is 21.9 Å². The number of amides is 1. The molecule has 136 valence electrons. The largest absolute Gasteiger partial charge is 0.465 e. The summed E-state index contributed by atoms with van der Waals surface area (Å²) in [6.45, 7) is 6.97. The number of rotatable bonds is 3. The molecule has 0 saturated carbocycles. The molecule has 2 aromatic rings. The Morgan fingerprint density at radius 1 is 1.24 bits per heavy atom. The molecule has 0 saturated heterocycles. The SMILES string of the molecule is COC(=O)c1cc(Cl)cc2c(Cl)c([C@H](C)NC(=O)OC(C)(C)C)oc12. The Hall–Kier alpha value is -1.92. The number of carbonyl (C=O) groups is 2. The molecule has 2 rings (SSSR count). The number of fused-ring (bicyclic) bond motifs is 1. The number of ether oxygens (including phenoxy) is 2. The van der Waals surface area contributed by atoms with Crippen molar-refractivity contribution in [2.45, 2.75) is 39.3 Å². The van der Waals surface area contributed by atoms with Gasteiger partial charge in [-0.3, -0.25) is 0 Å². The molecule has 1 atom stereocenters. The smallest absolute Gasteiger partial charge is 0.408 e. The Kier molecular flexibility index (Phi) is 5.54. The minimum Gasteiger partial charge on any atom is -0.465 e. The number of alkyl carbamates (subject to hydrolysis) is 1. The summed E-state index contributed by atoms with van der Waals surface area (Å²) in [5, 5.41) is 3.67. The lowest BCUT2D eigenvalue weighted by atomic mass is 10.1. The first-order chi connectivity index (χ1) is 11.5. The van der Waals surface area contributed by atoms with Gasteiger partial charge in [-0.2, -0.15) is 0 Å². The van der Waals surface area contributed by atoms with Crippen LogP contribution in [0, 0.1) is 0 Å². The predicted octanol–water partition coefficient (Wildman–Crippen LogP) is 5.11. The molecule has 0 fully saturated rings. The van der Waals surface area contributed by atoms with E-state index in [1.54, 1.807) is 33.8 Å². The van der Waals surface area contributed by atoms with Crippen molar-refractivity contribution in [3.63, 3.8) is 0 Å². The summed E-state index contributed by atoms with van der Waals surface area (Å²) in [6.07, 6.45) is -0.609. The highest BCUT2D eigenvalue weighted by molar-refractivity contribution is 6.38. The van der Waals surface area contributed by atoms with Gasteiger partial charge < -0.3 is 19.2 Å². The summed E-state index contributed by atoms with van der Waals surface area (Å²) in [5.41, 5.74) is -0.232. The predicted molar refractivity (Wildman–Crippen MR) is 95.4 cm³/mol. The van der Waals surface area contributed by atoms with Gasteiger partial charge in [0.2, 0.25) is 0 Å². The Morgan fingerprint density at radius 2 is 1.88 bits per heavy atom. The molecule has 1 N–H and O–H groups in total. The van der Waals surface area contributed by atoms with E-state index in [1.807, 2.05) is 0 Å². The van der Waals surface area contributed by atoms with Gasteiger partial charge in [-0.05, 0) is 39.8 Å². The second kappa shape index (κ2) is 7.14. The zero-order valence-electron chi connectivity index (χ0n) is 14.5. The van der Waals surface area contributed by atoms with Gasteiger partial charge in [-0.15, -0.1) is 0 Å². The number of carbonyl (C=O) groups excluding carboxylic acids is 2. The molecule has 0 radical (unpaired) electrons. The van der Waals surface area contributed by atoms with Gasteiger partial charge >= 0.3 is 12.1 Å². The normalized spacial score (nSPS) is 12.8. The summed E-state index contributed by atoms with van der Waals surface area (Å²) in [5.74, 6) is -0.313. The van der Waals surface area contributed by atoms with E-state index in [0.29, 0.717) is 10.4 Å². The van der Waals surface area contributed by atoms with E-state index >= 15 is 0 Å². The molecule has 1 aromatic carbocycles. The van der Waals surface area contributed by atoms with Crippen LogP contribution in [-0.2, 0) is 9.47 Å². The molecular formula is C17H19Cl2NO5. The van der Waals surface area contributed by atoms with Gasteiger partial charge in [0.25, 0.3) is 0 Å². The fourth-order valence-corrected chi connectivity index (χ4v) is 2.80. The Labute approximate surface area is 155 Å². The standard InChI is InChI=1S/C17H19Cl2NO5/c1-8(20-16(22)25-17(2,3)4)13-12(19)10-6-9(18)7-11(14(10)24-13)15(21)23-5/h6-8H,1-5H3,(H,20,22)/t8-/m0/s1. The first-order valence-corrected chi connectivity index (χ1v) is 8.28. The van der Waals surface area contributed by atoms with Crippen LogP contribution < -0.4 is 5.32 Å². The van der Waals surface area contributed by atoms with Gasteiger partial charge in [0.15, 0.2) is 5.58 Å². The van der Waals surface area contributed by atoms with Crippen LogP contribution in [-0.4, -0.2) is 24.8 Å². The van der Waals surface area contributed by atoms with Crippen molar-refractivity contribution in [3.8, 4) is 0 Å². The number of methoxy groups -OCH3 is 1. The van der Waals surface area contributed by atoms with Gasteiger partial charge in [-0.25, -0.2) is 9.59 Å². The second-order valence-corrected chi connectivity index (χ2v) is 7.28. The number of benzene rings is 1. The van der Waals surface area contributed by atoms with Crippen molar-refractivity contribution in [3.05, 3.63) is 33.5 Å². The van der Waals surface area contributed by atoms with Gasteiger partial charge in [0, 0.05) is 10.4 Å². The highest BCUT2D eigenvalue weighted by atomic mass is 35.5. The molecule has 0 aliphatic carbocycles. The van der Waals surface area contributed by atoms with E-state index in [1.165, 1.54) is 13.2 Å².